The third-order valence-corrected chi connectivity index (χ3v) is 5.22. The zero-order valence-electron chi connectivity index (χ0n) is 13.1. The molecule has 2 atom stereocenters. The first-order valence-corrected chi connectivity index (χ1v) is 7.95. The summed E-state index contributed by atoms with van der Waals surface area (Å²) in [6, 6.07) is 6.62. The summed E-state index contributed by atoms with van der Waals surface area (Å²) in [6.45, 7) is 1.11. The van der Waals surface area contributed by atoms with Gasteiger partial charge in [-0.05, 0) is 17.5 Å². The number of nitrogens with one attached hydrogen (secondary N) is 1. The molecule has 0 radical (unpaired) electrons. The van der Waals surface area contributed by atoms with Gasteiger partial charge in [0.2, 0.25) is 5.92 Å². The molecule has 1 saturated carbocycles. The first-order valence-electron chi connectivity index (χ1n) is 7.95. The van der Waals surface area contributed by atoms with E-state index in [1.807, 2.05) is 0 Å². The second-order valence-corrected chi connectivity index (χ2v) is 6.73. The Balaban J connectivity index is 1.98. The van der Waals surface area contributed by atoms with Crippen LogP contribution in [0.3, 0.4) is 0 Å². The van der Waals surface area contributed by atoms with E-state index in [2.05, 4.69) is 0 Å². The van der Waals surface area contributed by atoms with Crippen LogP contribution in [0.5, 0.6) is 0 Å². The molecule has 24 heavy (non-hydrogen) atoms. The fraction of sp³-hybridized carbons (Fsp3) is 0.529. The van der Waals surface area contributed by atoms with Crippen molar-refractivity contribution in [3.8, 4) is 0 Å². The highest BCUT2D eigenvalue weighted by atomic mass is 19.3. The van der Waals surface area contributed by atoms with Gasteiger partial charge in [0.15, 0.2) is 5.60 Å². The standard InChI is InChI=1S/C17H20F2N2O3/c18-16(19)6-5-12(7-16)17(24,15(22)23)14-4-2-1-3-13(14)11-8-21(9-11)10-20/h1-4,10-12,20,24H,5-9H2,(H,22,23)/t12-,17-/m1/s1. The van der Waals surface area contributed by atoms with Gasteiger partial charge in [-0.1, -0.05) is 24.3 Å². The van der Waals surface area contributed by atoms with Crippen molar-refractivity contribution in [3.05, 3.63) is 35.4 Å². The molecule has 5 nitrogen and oxygen atoms in total. The van der Waals surface area contributed by atoms with Gasteiger partial charge in [0.1, 0.15) is 0 Å². The molecule has 0 bridgehead atoms. The molecule has 1 aliphatic heterocycles. The lowest BCUT2D eigenvalue weighted by molar-refractivity contribution is -0.167. The van der Waals surface area contributed by atoms with E-state index in [1.54, 1.807) is 23.1 Å². The van der Waals surface area contributed by atoms with Crippen molar-refractivity contribution in [1.82, 2.24) is 4.90 Å². The van der Waals surface area contributed by atoms with E-state index in [1.165, 1.54) is 12.4 Å². The lowest BCUT2D eigenvalue weighted by Crippen LogP contribution is -2.47. The molecule has 0 amide bonds. The summed E-state index contributed by atoms with van der Waals surface area (Å²) in [5, 5.41) is 27.9. The maximum atomic E-state index is 13.6. The number of likely N-dealkylation sites (tertiary alicyclic amines) is 1. The molecule has 1 aliphatic carbocycles. The topological polar surface area (TPSA) is 84.6 Å². The summed E-state index contributed by atoms with van der Waals surface area (Å²) >= 11 is 0. The molecular formula is C17H20F2N2O3. The summed E-state index contributed by atoms with van der Waals surface area (Å²) in [6.07, 6.45) is 0.156. The molecule has 2 aliphatic rings. The number of rotatable bonds is 5. The maximum absolute atomic E-state index is 13.6. The van der Waals surface area contributed by atoms with Crippen LogP contribution in [0, 0.1) is 11.3 Å². The van der Waals surface area contributed by atoms with Crippen LogP contribution < -0.4 is 0 Å². The fourth-order valence-corrected chi connectivity index (χ4v) is 3.83. The van der Waals surface area contributed by atoms with Crippen molar-refractivity contribution < 1.29 is 23.8 Å². The Morgan fingerprint density at radius 3 is 2.58 bits per heavy atom. The number of carbonyl (C=O) groups is 1. The molecule has 2 fully saturated rings. The maximum Gasteiger partial charge on any atom is 0.340 e. The summed E-state index contributed by atoms with van der Waals surface area (Å²) in [7, 11) is 0. The van der Waals surface area contributed by atoms with Gasteiger partial charge < -0.3 is 15.1 Å². The Bertz CT molecular complexity index is 661. The lowest BCUT2D eigenvalue weighted by Gasteiger charge is -2.41. The summed E-state index contributed by atoms with van der Waals surface area (Å²) in [5.74, 6) is -5.46. The van der Waals surface area contributed by atoms with Gasteiger partial charge in [-0.15, -0.1) is 0 Å². The number of hydrogen-bond donors (Lipinski definition) is 3. The molecule has 0 unspecified atom stereocenters. The van der Waals surface area contributed by atoms with Gasteiger partial charge >= 0.3 is 5.97 Å². The van der Waals surface area contributed by atoms with Crippen LogP contribution in [-0.2, 0) is 10.4 Å². The third-order valence-electron chi connectivity index (χ3n) is 5.22. The van der Waals surface area contributed by atoms with Gasteiger partial charge in [-0.3, -0.25) is 5.41 Å². The quantitative estimate of drug-likeness (QED) is 0.568. The minimum absolute atomic E-state index is 0.0180. The molecule has 130 valence electrons. The van der Waals surface area contributed by atoms with Crippen molar-refractivity contribution in [3.63, 3.8) is 0 Å². The van der Waals surface area contributed by atoms with Crippen molar-refractivity contribution in [2.24, 2.45) is 5.92 Å². The average molecular weight is 338 g/mol. The third kappa shape index (κ3) is 2.66. The van der Waals surface area contributed by atoms with E-state index in [4.69, 9.17) is 5.41 Å². The van der Waals surface area contributed by atoms with Crippen LogP contribution in [0.4, 0.5) is 8.78 Å². The number of aliphatic carboxylic acids is 1. The van der Waals surface area contributed by atoms with Gasteiger partial charge in [0.05, 0.1) is 6.34 Å². The van der Waals surface area contributed by atoms with E-state index >= 15 is 0 Å². The highest BCUT2D eigenvalue weighted by Crippen LogP contribution is 2.49. The fourth-order valence-electron chi connectivity index (χ4n) is 3.83. The van der Waals surface area contributed by atoms with Crippen molar-refractivity contribution in [2.75, 3.05) is 13.1 Å². The van der Waals surface area contributed by atoms with Crippen LogP contribution in [0.25, 0.3) is 0 Å². The van der Waals surface area contributed by atoms with Gasteiger partial charge in [-0.25, -0.2) is 13.6 Å². The Morgan fingerprint density at radius 1 is 1.38 bits per heavy atom. The van der Waals surface area contributed by atoms with E-state index in [0.29, 0.717) is 18.7 Å². The normalized spacial score (nSPS) is 25.8. The minimum atomic E-state index is -2.93. The van der Waals surface area contributed by atoms with Crippen LogP contribution in [0.15, 0.2) is 24.3 Å². The van der Waals surface area contributed by atoms with E-state index in [0.717, 1.165) is 0 Å². The molecule has 3 rings (SSSR count). The predicted molar refractivity (Wildman–Crippen MR) is 83.4 cm³/mol. The minimum Gasteiger partial charge on any atom is -0.479 e. The van der Waals surface area contributed by atoms with Crippen LogP contribution in [-0.4, -0.2) is 46.4 Å². The zero-order valence-corrected chi connectivity index (χ0v) is 13.1. The number of aliphatic hydroxyl groups is 1. The van der Waals surface area contributed by atoms with Crippen LogP contribution in [0.1, 0.15) is 36.3 Å². The summed E-state index contributed by atoms with van der Waals surface area (Å²) in [5.41, 5.74) is -1.45. The number of carboxylic acids is 1. The average Bonchev–Trinajstić information content (AvgIpc) is 2.86. The van der Waals surface area contributed by atoms with Gasteiger partial charge in [0, 0.05) is 37.8 Å². The molecule has 0 aromatic heterocycles. The van der Waals surface area contributed by atoms with Crippen molar-refractivity contribution in [1.29, 1.82) is 5.41 Å². The lowest BCUT2D eigenvalue weighted by atomic mass is 9.74. The monoisotopic (exact) mass is 338 g/mol. The van der Waals surface area contributed by atoms with Gasteiger partial charge in [-0.2, -0.15) is 0 Å². The van der Waals surface area contributed by atoms with Gasteiger partial charge in [0.25, 0.3) is 0 Å². The van der Waals surface area contributed by atoms with E-state index in [9.17, 15) is 23.8 Å². The second-order valence-electron chi connectivity index (χ2n) is 6.73. The Morgan fingerprint density at radius 2 is 2.04 bits per heavy atom. The smallest absolute Gasteiger partial charge is 0.340 e. The molecule has 1 aromatic carbocycles. The predicted octanol–water partition coefficient (Wildman–Crippen LogP) is 2.40. The molecule has 7 heteroatoms. The Kier molecular flexibility index (Phi) is 4.07. The molecule has 1 saturated heterocycles. The van der Waals surface area contributed by atoms with Crippen LogP contribution in [0.2, 0.25) is 0 Å². The highest BCUT2D eigenvalue weighted by molar-refractivity contribution is 5.80. The number of carboxylic acid groups (broad SMARTS) is 1. The van der Waals surface area contributed by atoms with Crippen molar-refractivity contribution in [2.45, 2.75) is 36.7 Å². The number of hydrogen-bond acceptors (Lipinski definition) is 3. The van der Waals surface area contributed by atoms with Crippen molar-refractivity contribution >= 4 is 12.3 Å². The SMILES string of the molecule is N=CN1CC(c2ccccc2[C@@](O)(C(=O)O)[C@@H]2CCC(F)(F)C2)C1. The van der Waals surface area contributed by atoms with Crippen LogP contribution >= 0.6 is 0 Å². The zero-order chi connectivity index (χ0) is 17.5. The Hall–Kier alpha value is -2.02. The number of halogens is 2. The first kappa shape index (κ1) is 16.8. The molecule has 0 spiro atoms. The molecular weight excluding hydrogens is 318 g/mol. The highest BCUT2D eigenvalue weighted by Gasteiger charge is 2.54. The van der Waals surface area contributed by atoms with E-state index < -0.39 is 36.3 Å². The second kappa shape index (κ2) is 5.81. The van der Waals surface area contributed by atoms with E-state index in [-0.39, 0.29) is 17.9 Å². The summed E-state index contributed by atoms with van der Waals surface area (Å²) < 4.78 is 27.2. The molecule has 1 heterocycles. The molecule has 3 N–H and O–H groups in total. The number of benzene rings is 1. The summed E-state index contributed by atoms with van der Waals surface area (Å²) in [4.78, 5) is 13.6. The largest absolute Gasteiger partial charge is 0.479 e. The molecule has 1 aromatic rings. The number of nitrogens with zero attached hydrogens (tertiary/aromatic N) is 1. The first-order chi connectivity index (χ1) is 11.3. The number of alkyl halides is 2. The Labute approximate surface area is 138 Å².